The molecule has 3 heterocycles. The van der Waals surface area contributed by atoms with Crippen LogP contribution >= 0.6 is 34.0 Å². The van der Waals surface area contributed by atoms with Crippen molar-refractivity contribution in [2.45, 2.75) is 6.92 Å². The smallest absolute Gasteiger partial charge is 0.267 e. The van der Waals surface area contributed by atoms with Crippen molar-refractivity contribution < 1.29 is 4.79 Å². The first kappa shape index (κ1) is 16.6. The fourth-order valence-electron chi connectivity index (χ4n) is 2.85. The first-order valence-corrected chi connectivity index (χ1v) is 10.8. The summed E-state index contributed by atoms with van der Waals surface area (Å²) in [6, 6.07) is 17.9. The number of aromatic nitrogens is 2. The number of thiophene rings is 1. The molecule has 1 N–H and O–H groups in total. The molecule has 0 fully saturated rings. The van der Waals surface area contributed by atoms with E-state index >= 15 is 0 Å². The minimum atomic E-state index is -0.135. The minimum Gasteiger partial charge on any atom is -0.297 e. The molecule has 0 aliphatic carbocycles. The number of nitrogens with zero attached hydrogens (tertiary/aromatic N) is 2. The van der Waals surface area contributed by atoms with E-state index in [4.69, 9.17) is 0 Å². The highest BCUT2D eigenvalue weighted by Gasteiger charge is 2.15. The maximum atomic E-state index is 12.6. The second-order valence-electron chi connectivity index (χ2n) is 6.05. The molecule has 0 atom stereocenters. The fourth-order valence-corrected chi connectivity index (χ4v) is 5.71. The van der Waals surface area contributed by atoms with E-state index in [1.165, 1.54) is 22.7 Å². The van der Waals surface area contributed by atoms with Gasteiger partial charge in [-0.25, -0.2) is 9.97 Å². The molecule has 7 heteroatoms. The Hall–Kier alpha value is -2.61. The van der Waals surface area contributed by atoms with Crippen molar-refractivity contribution in [1.82, 2.24) is 9.97 Å². The molecule has 0 unspecified atom stereocenters. The van der Waals surface area contributed by atoms with Crippen LogP contribution in [-0.4, -0.2) is 15.9 Å². The predicted molar refractivity (Wildman–Crippen MR) is 115 cm³/mol. The van der Waals surface area contributed by atoms with Gasteiger partial charge in [0.05, 0.1) is 30.2 Å². The second kappa shape index (κ2) is 6.53. The number of carbonyl (C=O) groups excluding carboxylic acids is 1. The molecule has 3 aromatic heterocycles. The summed E-state index contributed by atoms with van der Waals surface area (Å²) in [5.41, 5.74) is 3.04. The Morgan fingerprint density at radius 1 is 0.889 bits per heavy atom. The summed E-state index contributed by atoms with van der Waals surface area (Å²) in [7, 11) is 0. The molecule has 0 aliphatic heterocycles. The van der Waals surface area contributed by atoms with Crippen LogP contribution in [-0.2, 0) is 0 Å². The first-order chi connectivity index (χ1) is 13.2. The van der Waals surface area contributed by atoms with Crippen molar-refractivity contribution in [3.05, 3.63) is 65.0 Å². The van der Waals surface area contributed by atoms with Crippen LogP contribution in [0.4, 0.5) is 5.13 Å². The Morgan fingerprint density at radius 2 is 1.74 bits per heavy atom. The third-order valence-electron chi connectivity index (χ3n) is 4.18. The molecule has 0 radical (unpaired) electrons. The topological polar surface area (TPSA) is 54.9 Å². The van der Waals surface area contributed by atoms with Crippen LogP contribution in [0.25, 0.3) is 30.3 Å². The van der Waals surface area contributed by atoms with Gasteiger partial charge in [-0.3, -0.25) is 10.1 Å². The van der Waals surface area contributed by atoms with Gasteiger partial charge < -0.3 is 0 Å². The van der Waals surface area contributed by atoms with Crippen LogP contribution in [0.1, 0.15) is 15.2 Å². The lowest BCUT2D eigenvalue weighted by molar-refractivity contribution is 0.103. The lowest BCUT2D eigenvalue weighted by Gasteiger charge is -1.97. The van der Waals surface area contributed by atoms with E-state index in [0.717, 1.165) is 35.9 Å². The van der Waals surface area contributed by atoms with Crippen molar-refractivity contribution in [1.29, 1.82) is 0 Å². The van der Waals surface area contributed by atoms with Gasteiger partial charge >= 0.3 is 0 Å². The number of aryl methyl sites for hydroxylation is 1. The van der Waals surface area contributed by atoms with E-state index in [0.29, 0.717) is 10.0 Å². The summed E-state index contributed by atoms with van der Waals surface area (Å²) in [5.74, 6) is -0.135. The molecule has 4 nitrogen and oxygen atoms in total. The van der Waals surface area contributed by atoms with Crippen molar-refractivity contribution in [3.8, 4) is 9.88 Å². The molecule has 1 amide bonds. The highest BCUT2D eigenvalue weighted by Crippen LogP contribution is 2.35. The van der Waals surface area contributed by atoms with Gasteiger partial charge in [0, 0.05) is 0 Å². The number of benzene rings is 2. The number of nitrogens with one attached hydrogen (secondary N) is 1. The van der Waals surface area contributed by atoms with Gasteiger partial charge in [0.2, 0.25) is 0 Å². The summed E-state index contributed by atoms with van der Waals surface area (Å²) >= 11 is 4.58. The molecule has 27 heavy (non-hydrogen) atoms. The van der Waals surface area contributed by atoms with Gasteiger partial charge in [-0.2, -0.15) is 0 Å². The van der Waals surface area contributed by atoms with Gasteiger partial charge in [0.25, 0.3) is 5.91 Å². The Morgan fingerprint density at radius 3 is 2.59 bits per heavy atom. The highest BCUT2D eigenvalue weighted by atomic mass is 32.1. The average molecular weight is 408 g/mol. The van der Waals surface area contributed by atoms with E-state index in [1.807, 2.05) is 55.5 Å². The van der Waals surface area contributed by atoms with Crippen LogP contribution < -0.4 is 5.32 Å². The van der Waals surface area contributed by atoms with Crippen molar-refractivity contribution in [2.75, 3.05) is 5.32 Å². The molecule has 0 saturated carbocycles. The van der Waals surface area contributed by atoms with Crippen molar-refractivity contribution in [3.63, 3.8) is 0 Å². The number of thiazole rings is 2. The molecule has 2 aromatic carbocycles. The number of hydrogen-bond donors (Lipinski definition) is 1. The zero-order chi connectivity index (χ0) is 18.4. The number of amides is 1. The molecule has 5 rings (SSSR count). The van der Waals surface area contributed by atoms with Crippen LogP contribution in [0, 0.1) is 6.92 Å². The largest absolute Gasteiger partial charge is 0.297 e. The number of rotatable bonds is 3. The van der Waals surface area contributed by atoms with Crippen LogP contribution in [0.2, 0.25) is 0 Å². The lowest BCUT2D eigenvalue weighted by atomic mass is 10.2. The molecule has 0 bridgehead atoms. The van der Waals surface area contributed by atoms with E-state index in [2.05, 4.69) is 21.4 Å². The first-order valence-electron chi connectivity index (χ1n) is 8.31. The van der Waals surface area contributed by atoms with E-state index in [-0.39, 0.29) is 5.91 Å². The average Bonchev–Trinajstić information content (AvgIpc) is 3.39. The summed E-state index contributed by atoms with van der Waals surface area (Å²) < 4.78 is 2.23. The zero-order valence-electron chi connectivity index (χ0n) is 14.2. The maximum absolute atomic E-state index is 12.6. The number of anilines is 1. The van der Waals surface area contributed by atoms with Gasteiger partial charge in [0.1, 0.15) is 5.01 Å². The minimum absolute atomic E-state index is 0.135. The molecule has 0 aliphatic rings. The zero-order valence-corrected chi connectivity index (χ0v) is 16.7. The SMILES string of the molecule is Cc1cccc2sc(NC(=O)c3ccc(-c4nc5ccccc5s4)s3)nc12. The summed E-state index contributed by atoms with van der Waals surface area (Å²) in [5, 5.41) is 4.49. The molecule has 0 spiro atoms. The van der Waals surface area contributed by atoms with E-state index in [1.54, 1.807) is 11.3 Å². The summed E-state index contributed by atoms with van der Waals surface area (Å²) in [6.07, 6.45) is 0. The number of hydrogen-bond acceptors (Lipinski definition) is 6. The Labute approximate surface area is 167 Å². The standard InChI is InChI=1S/C20H13N3OS3/c1-11-5-4-8-14-17(11)22-20(27-14)23-18(24)15-9-10-16(25-15)19-21-12-6-2-3-7-13(12)26-19/h2-10H,1H3,(H,22,23,24). The number of fused-ring (bicyclic) bond motifs is 2. The van der Waals surface area contributed by atoms with Crippen molar-refractivity contribution in [2.24, 2.45) is 0 Å². The maximum Gasteiger partial charge on any atom is 0.267 e. The predicted octanol–water partition coefficient (Wildman–Crippen LogP) is 6.20. The third kappa shape index (κ3) is 3.03. The van der Waals surface area contributed by atoms with Gasteiger partial charge in [-0.15, -0.1) is 22.7 Å². The molecule has 0 saturated heterocycles. The monoisotopic (exact) mass is 407 g/mol. The lowest BCUT2D eigenvalue weighted by Crippen LogP contribution is -2.09. The van der Waals surface area contributed by atoms with Crippen LogP contribution in [0.5, 0.6) is 0 Å². The van der Waals surface area contributed by atoms with Gasteiger partial charge in [-0.1, -0.05) is 35.6 Å². The van der Waals surface area contributed by atoms with Crippen LogP contribution in [0.3, 0.4) is 0 Å². The van der Waals surface area contributed by atoms with Crippen molar-refractivity contribution >= 4 is 65.5 Å². The highest BCUT2D eigenvalue weighted by molar-refractivity contribution is 7.26. The molecule has 5 aromatic rings. The van der Waals surface area contributed by atoms with E-state index in [9.17, 15) is 4.79 Å². The van der Waals surface area contributed by atoms with Gasteiger partial charge in [0.15, 0.2) is 5.13 Å². The third-order valence-corrected chi connectivity index (χ3v) is 7.40. The Kier molecular flexibility index (Phi) is 4.00. The fraction of sp³-hybridized carbons (Fsp3) is 0.0500. The number of para-hydroxylation sites is 2. The number of carbonyl (C=O) groups is 1. The molecule has 132 valence electrons. The Balaban J connectivity index is 1.41. The normalized spacial score (nSPS) is 11.3. The summed E-state index contributed by atoms with van der Waals surface area (Å²) in [4.78, 5) is 23.5. The van der Waals surface area contributed by atoms with Gasteiger partial charge in [-0.05, 0) is 42.8 Å². The Bertz CT molecular complexity index is 1270. The van der Waals surface area contributed by atoms with E-state index < -0.39 is 0 Å². The molecular formula is C20H13N3OS3. The van der Waals surface area contributed by atoms with Crippen LogP contribution in [0.15, 0.2) is 54.6 Å². The quantitative estimate of drug-likeness (QED) is 0.388. The molecular weight excluding hydrogens is 394 g/mol. The second-order valence-corrected chi connectivity index (χ2v) is 9.19. The summed E-state index contributed by atoms with van der Waals surface area (Å²) in [6.45, 7) is 2.03.